The Morgan fingerprint density at radius 2 is 1.74 bits per heavy atom. The summed E-state index contributed by atoms with van der Waals surface area (Å²) in [5.41, 5.74) is 3.97. The number of imide groups is 1. The number of thiazole rings is 1. The van der Waals surface area contributed by atoms with Crippen LogP contribution in [0.5, 0.6) is 0 Å². The molecule has 0 saturated carbocycles. The molecule has 0 bridgehead atoms. The van der Waals surface area contributed by atoms with Crippen LogP contribution in [0.4, 0.5) is 5.69 Å². The van der Waals surface area contributed by atoms with Gasteiger partial charge >= 0.3 is 0 Å². The van der Waals surface area contributed by atoms with Crippen LogP contribution in [0, 0.1) is 0 Å². The molecular weight excluding hydrogens is 532 g/mol. The van der Waals surface area contributed by atoms with E-state index < -0.39 is 0 Å². The van der Waals surface area contributed by atoms with Crippen LogP contribution in [0.25, 0.3) is 21.0 Å². The number of para-hydroxylation sites is 1. The molecule has 0 radical (unpaired) electrons. The fraction of sp³-hybridized carbons (Fsp3) is 0.250. The Kier molecular flexibility index (Phi) is 6.26. The number of benzene rings is 3. The van der Waals surface area contributed by atoms with E-state index in [0.29, 0.717) is 36.6 Å². The molecule has 0 N–H and O–H groups in total. The van der Waals surface area contributed by atoms with Gasteiger partial charge in [-0.15, -0.1) is 16.4 Å². The summed E-state index contributed by atoms with van der Waals surface area (Å²) in [6.45, 7) is 3.48. The van der Waals surface area contributed by atoms with Gasteiger partial charge in [0.1, 0.15) is 0 Å². The SMILES string of the molecule is O=C1c2cccc3c(N4CCOCC4)ccc(c23)C(=O)N1CCn1cc(CSc2nc3ccccc3s2)nn1. The van der Waals surface area contributed by atoms with Gasteiger partial charge in [0, 0.05) is 59.2 Å². The first-order chi connectivity index (χ1) is 19.2. The molecule has 11 heteroatoms. The van der Waals surface area contributed by atoms with Crippen molar-refractivity contribution in [1.82, 2.24) is 24.9 Å². The summed E-state index contributed by atoms with van der Waals surface area (Å²) in [6.07, 6.45) is 1.86. The molecule has 5 aromatic rings. The van der Waals surface area contributed by atoms with Crippen LogP contribution in [0.3, 0.4) is 0 Å². The Bertz CT molecular complexity index is 1670. The van der Waals surface area contributed by atoms with Crippen LogP contribution in [-0.4, -0.2) is 69.5 Å². The Morgan fingerprint density at radius 3 is 2.59 bits per heavy atom. The Morgan fingerprint density at radius 1 is 0.923 bits per heavy atom. The van der Waals surface area contributed by atoms with Crippen molar-refractivity contribution in [2.24, 2.45) is 0 Å². The van der Waals surface area contributed by atoms with E-state index in [9.17, 15) is 9.59 Å². The lowest BCUT2D eigenvalue weighted by Gasteiger charge is -2.32. The minimum Gasteiger partial charge on any atom is -0.378 e. The molecule has 3 aromatic carbocycles. The molecule has 4 heterocycles. The van der Waals surface area contributed by atoms with Gasteiger partial charge in [-0.3, -0.25) is 19.2 Å². The zero-order chi connectivity index (χ0) is 26.3. The highest BCUT2D eigenvalue weighted by atomic mass is 32.2. The first kappa shape index (κ1) is 24.3. The van der Waals surface area contributed by atoms with E-state index in [0.717, 1.165) is 49.8 Å². The largest absolute Gasteiger partial charge is 0.378 e. The van der Waals surface area contributed by atoms with Crippen LogP contribution >= 0.6 is 23.1 Å². The molecule has 0 unspecified atom stereocenters. The second kappa shape index (κ2) is 10.1. The second-order valence-corrected chi connectivity index (χ2v) is 11.7. The Hall–Kier alpha value is -3.80. The van der Waals surface area contributed by atoms with Crippen molar-refractivity contribution in [2.45, 2.75) is 16.6 Å². The first-order valence-electron chi connectivity index (χ1n) is 12.8. The normalized spacial score (nSPS) is 15.6. The first-order valence-corrected chi connectivity index (χ1v) is 14.6. The third-order valence-electron chi connectivity index (χ3n) is 7.08. The molecule has 9 nitrogen and oxygen atoms in total. The number of nitrogens with zero attached hydrogens (tertiary/aromatic N) is 6. The third-order valence-corrected chi connectivity index (χ3v) is 9.29. The number of morpholine rings is 1. The molecular formula is C28H24N6O3S2. The predicted octanol–water partition coefficient (Wildman–Crippen LogP) is 4.47. The van der Waals surface area contributed by atoms with E-state index in [4.69, 9.17) is 4.74 Å². The topological polar surface area (TPSA) is 93.5 Å². The number of aromatic nitrogens is 4. The van der Waals surface area contributed by atoms with Gasteiger partial charge in [-0.25, -0.2) is 4.98 Å². The van der Waals surface area contributed by atoms with Gasteiger partial charge < -0.3 is 9.64 Å². The molecule has 0 spiro atoms. The lowest BCUT2D eigenvalue weighted by molar-refractivity contribution is 0.0603. The number of amides is 2. The van der Waals surface area contributed by atoms with Crippen molar-refractivity contribution < 1.29 is 14.3 Å². The maximum atomic E-state index is 13.5. The monoisotopic (exact) mass is 556 g/mol. The van der Waals surface area contributed by atoms with Crippen molar-refractivity contribution >= 4 is 61.6 Å². The molecule has 39 heavy (non-hydrogen) atoms. The Balaban J connectivity index is 1.06. The van der Waals surface area contributed by atoms with Gasteiger partial charge in [0.05, 0.1) is 35.7 Å². The van der Waals surface area contributed by atoms with E-state index in [2.05, 4.69) is 26.3 Å². The van der Waals surface area contributed by atoms with Gasteiger partial charge in [0.2, 0.25) is 0 Å². The van der Waals surface area contributed by atoms with Crippen LogP contribution in [-0.2, 0) is 17.0 Å². The number of hydrogen-bond donors (Lipinski definition) is 0. The fourth-order valence-electron chi connectivity index (χ4n) is 5.18. The number of thioether (sulfide) groups is 1. The standard InChI is InChI=1S/C28H24N6O3S2/c35-26-20-5-3-4-19-23(32-12-14-37-15-13-32)9-8-21(25(19)20)27(36)34(26)11-10-33-16-18(30-31-33)17-38-28-29-22-6-1-2-7-24(22)39-28/h1-9,16H,10-15,17H2. The quantitative estimate of drug-likeness (QED) is 0.214. The van der Waals surface area contributed by atoms with Crippen molar-refractivity contribution in [3.63, 3.8) is 0 Å². The molecule has 2 aromatic heterocycles. The smallest absolute Gasteiger partial charge is 0.261 e. The van der Waals surface area contributed by atoms with Crippen LogP contribution in [0.15, 0.2) is 65.1 Å². The van der Waals surface area contributed by atoms with Crippen LogP contribution in [0.2, 0.25) is 0 Å². The molecule has 0 atom stereocenters. The molecule has 0 aliphatic carbocycles. The Labute approximate surface area is 232 Å². The van der Waals surface area contributed by atoms with E-state index in [1.54, 1.807) is 27.8 Å². The van der Waals surface area contributed by atoms with E-state index in [-0.39, 0.29) is 18.4 Å². The highest BCUT2D eigenvalue weighted by molar-refractivity contribution is 8.00. The molecule has 7 rings (SSSR count). The van der Waals surface area contributed by atoms with Gasteiger partial charge in [0.15, 0.2) is 4.34 Å². The van der Waals surface area contributed by atoms with Crippen molar-refractivity contribution in [3.8, 4) is 0 Å². The number of anilines is 1. The molecule has 2 aliphatic heterocycles. The number of rotatable bonds is 7. The number of carbonyl (C=O) groups excluding carboxylic acids is 2. The molecule has 196 valence electrons. The van der Waals surface area contributed by atoms with Crippen LogP contribution in [0.1, 0.15) is 26.4 Å². The highest BCUT2D eigenvalue weighted by Crippen LogP contribution is 2.36. The van der Waals surface area contributed by atoms with E-state index in [1.807, 2.05) is 54.7 Å². The summed E-state index contributed by atoms with van der Waals surface area (Å²) < 4.78 is 9.33. The third kappa shape index (κ3) is 4.46. The average Bonchev–Trinajstić information content (AvgIpc) is 3.61. The lowest BCUT2D eigenvalue weighted by Crippen LogP contribution is -2.42. The van der Waals surface area contributed by atoms with Gasteiger partial charge in [0.25, 0.3) is 11.8 Å². The summed E-state index contributed by atoms with van der Waals surface area (Å²) >= 11 is 3.28. The van der Waals surface area contributed by atoms with Crippen molar-refractivity contribution in [2.75, 3.05) is 37.7 Å². The van der Waals surface area contributed by atoms with Gasteiger partial charge in [-0.2, -0.15) is 0 Å². The molecule has 1 saturated heterocycles. The summed E-state index contributed by atoms with van der Waals surface area (Å²) in [4.78, 5) is 35.2. The van der Waals surface area contributed by atoms with E-state index in [1.165, 1.54) is 4.90 Å². The number of ether oxygens (including phenoxy) is 1. The zero-order valence-corrected chi connectivity index (χ0v) is 22.6. The second-order valence-electron chi connectivity index (χ2n) is 9.43. The molecule has 1 fully saturated rings. The highest BCUT2D eigenvalue weighted by Gasteiger charge is 2.33. The summed E-state index contributed by atoms with van der Waals surface area (Å²) in [7, 11) is 0. The van der Waals surface area contributed by atoms with Crippen molar-refractivity contribution in [3.05, 3.63) is 77.6 Å². The fourth-order valence-corrected chi connectivity index (χ4v) is 7.12. The predicted molar refractivity (Wildman–Crippen MR) is 152 cm³/mol. The van der Waals surface area contributed by atoms with Gasteiger partial charge in [-0.05, 0) is 30.3 Å². The zero-order valence-electron chi connectivity index (χ0n) is 20.9. The summed E-state index contributed by atoms with van der Waals surface area (Å²) in [5.74, 6) is 0.0929. The maximum absolute atomic E-state index is 13.5. The number of carbonyl (C=O) groups is 2. The van der Waals surface area contributed by atoms with Gasteiger partial charge in [-0.1, -0.05) is 41.2 Å². The summed E-state index contributed by atoms with van der Waals surface area (Å²) in [5, 5.41) is 10.2. The van der Waals surface area contributed by atoms with E-state index >= 15 is 0 Å². The minimum atomic E-state index is -0.274. The van der Waals surface area contributed by atoms with Crippen molar-refractivity contribution in [1.29, 1.82) is 0 Å². The average molecular weight is 557 g/mol. The maximum Gasteiger partial charge on any atom is 0.261 e. The lowest BCUT2D eigenvalue weighted by atomic mass is 9.92. The molecule has 2 amide bonds. The number of fused-ring (bicyclic) bond motifs is 1. The molecule has 2 aliphatic rings. The van der Waals surface area contributed by atoms with Crippen LogP contribution < -0.4 is 4.90 Å². The summed E-state index contributed by atoms with van der Waals surface area (Å²) in [6, 6.07) is 17.6. The number of hydrogen-bond acceptors (Lipinski definition) is 9. The minimum absolute atomic E-state index is 0.215.